The van der Waals surface area contributed by atoms with Crippen molar-refractivity contribution in [2.75, 3.05) is 14.2 Å². The Bertz CT molecular complexity index is 529. The molecule has 0 bridgehead atoms. The zero-order valence-electron chi connectivity index (χ0n) is 9.87. The molecule has 1 aromatic heterocycles. The maximum absolute atomic E-state index is 5.25. The van der Waals surface area contributed by atoms with Crippen LogP contribution in [0.4, 0.5) is 0 Å². The van der Waals surface area contributed by atoms with Gasteiger partial charge in [0.2, 0.25) is 0 Å². The SMILES string of the molecule is COc1cc(/C=N/n2cnnc2)cc(OC)c1Br. The second-order valence-corrected chi connectivity index (χ2v) is 4.12. The fraction of sp³-hybridized carbons (Fsp3) is 0.182. The molecule has 0 fully saturated rings. The molecule has 0 aliphatic heterocycles. The number of hydrogen-bond donors (Lipinski definition) is 0. The first-order valence-electron chi connectivity index (χ1n) is 5.05. The topological polar surface area (TPSA) is 61.5 Å². The van der Waals surface area contributed by atoms with Crippen LogP contribution >= 0.6 is 15.9 Å². The summed E-state index contributed by atoms with van der Waals surface area (Å²) in [5.41, 5.74) is 0.848. The van der Waals surface area contributed by atoms with Crippen LogP contribution in [0.1, 0.15) is 5.56 Å². The standard InChI is InChI=1S/C11H11BrN4O2/c1-17-9-3-8(4-10(18-2)11(9)12)5-15-16-6-13-14-7-16/h3-7H,1-2H3/b15-5+. The van der Waals surface area contributed by atoms with Crippen LogP contribution in [0, 0.1) is 0 Å². The van der Waals surface area contributed by atoms with Gasteiger partial charge in [0.15, 0.2) is 0 Å². The number of methoxy groups -OCH3 is 2. The van der Waals surface area contributed by atoms with Crippen molar-refractivity contribution in [2.45, 2.75) is 0 Å². The molecule has 0 aliphatic carbocycles. The normalized spacial score (nSPS) is 10.8. The zero-order chi connectivity index (χ0) is 13.0. The molecule has 0 atom stereocenters. The van der Waals surface area contributed by atoms with Gasteiger partial charge < -0.3 is 9.47 Å². The van der Waals surface area contributed by atoms with Crippen LogP contribution in [0.25, 0.3) is 0 Å². The first-order chi connectivity index (χ1) is 8.74. The molecule has 0 radical (unpaired) electrons. The molecule has 1 heterocycles. The maximum atomic E-state index is 5.25. The third kappa shape index (κ3) is 2.67. The van der Waals surface area contributed by atoms with Crippen LogP contribution in [-0.2, 0) is 0 Å². The van der Waals surface area contributed by atoms with E-state index in [0.717, 1.165) is 10.0 Å². The Labute approximate surface area is 112 Å². The van der Waals surface area contributed by atoms with Gasteiger partial charge in [-0.15, -0.1) is 10.2 Å². The first kappa shape index (κ1) is 12.6. The van der Waals surface area contributed by atoms with Crippen molar-refractivity contribution in [3.05, 3.63) is 34.8 Å². The highest BCUT2D eigenvalue weighted by Gasteiger charge is 2.08. The van der Waals surface area contributed by atoms with Gasteiger partial charge in [0.25, 0.3) is 0 Å². The number of ether oxygens (including phenoxy) is 2. The Hall–Kier alpha value is -1.89. The number of benzene rings is 1. The first-order valence-corrected chi connectivity index (χ1v) is 5.84. The molecule has 0 saturated heterocycles. The fourth-order valence-corrected chi connectivity index (χ4v) is 1.91. The van der Waals surface area contributed by atoms with E-state index in [9.17, 15) is 0 Å². The van der Waals surface area contributed by atoms with Crippen LogP contribution < -0.4 is 9.47 Å². The second-order valence-electron chi connectivity index (χ2n) is 3.33. The summed E-state index contributed by atoms with van der Waals surface area (Å²) in [5.74, 6) is 1.36. The summed E-state index contributed by atoms with van der Waals surface area (Å²) in [5, 5.41) is 11.5. The van der Waals surface area contributed by atoms with Gasteiger partial charge in [-0.1, -0.05) is 0 Å². The molecule has 94 valence electrons. The molecule has 2 aromatic rings. The highest BCUT2D eigenvalue weighted by atomic mass is 79.9. The molecule has 0 amide bonds. The monoisotopic (exact) mass is 310 g/mol. The number of rotatable bonds is 4. The van der Waals surface area contributed by atoms with Crippen LogP contribution in [0.15, 0.2) is 34.4 Å². The lowest BCUT2D eigenvalue weighted by molar-refractivity contribution is 0.389. The van der Waals surface area contributed by atoms with E-state index in [4.69, 9.17) is 9.47 Å². The van der Waals surface area contributed by atoms with Gasteiger partial charge in [0, 0.05) is 5.56 Å². The summed E-state index contributed by atoms with van der Waals surface area (Å²) in [4.78, 5) is 0. The molecular weight excluding hydrogens is 300 g/mol. The molecule has 0 N–H and O–H groups in total. The minimum absolute atomic E-state index is 0.680. The van der Waals surface area contributed by atoms with Gasteiger partial charge in [-0.05, 0) is 28.1 Å². The van der Waals surface area contributed by atoms with Crippen molar-refractivity contribution in [2.24, 2.45) is 5.10 Å². The van der Waals surface area contributed by atoms with E-state index in [1.165, 1.54) is 17.3 Å². The van der Waals surface area contributed by atoms with E-state index in [0.29, 0.717) is 11.5 Å². The van der Waals surface area contributed by atoms with Crippen molar-refractivity contribution < 1.29 is 9.47 Å². The zero-order valence-corrected chi connectivity index (χ0v) is 11.5. The summed E-state index contributed by atoms with van der Waals surface area (Å²) in [6.07, 6.45) is 4.68. The maximum Gasteiger partial charge on any atom is 0.141 e. The Morgan fingerprint density at radius 2 is 1.72 bits per heavy atom. The minimum Gasteiger partial charge on any atom is -0.495 e. The number of halogens is 1. The lowest BCUT2D eigenvalue weighted by atomic mass is 10.2. The van der Waals surface area contributed by atoms with Crippen molar-refractivity contribution in [1.29, 1.82) is 0 Å². The fourth-order valence-electron chi connectivity index (χ4n) is 1.35. The van der Waals surface area contributed by atoms with E-state index < -0.39 is 0 Å². The van der Waals surface area contributed by atoms with E-state index in [2.05, 4.69) is 31.2 Å². The van der Waals surface area contributed by atoms with Crippen molar-refractivity contribution in [1.82, 2.24) is 14.9 Å². The number of hydrogen-bond acceptors (Lipinski definition) is 5. The predicted octanol–water partition coefficient (Wildman–Crippen LogP) is 1.94. The van der Waals surface area contributed by atoms with Gasteiger partial charge in [-0.2, -0.15) is 5.10 Å². The van der Waals surface area contributed by atoms with Crippen molar-refractivity contribution >= 4 is 22.1 Å². The van der Waals surface area contributed by atoms with Gasteiger partial charge >= 0.3 is 0 Å². The average Bonchev–Trinajstić information content (AvgIpc) is 2.90. The smallest absolute Gasteiger partial charge is 0.141 e. The summed E-state index contributed by atoms with van der Waals surface area (Å²) >= 11 is 3.41. The third-order valence-electron chi connectivity index (χ3n) is 2.21. The van der Waals surface area contributed by atoms with Gasteiger partial charge in [-0.3, -0.25) is 0 Å². The quantitative estimate of drug-likeness (QED) is 0.810. The molecule has 2 rings (SSSR count). The highest BCUT2D eigenvalue weighted by molar-refractivity contribution is 9.10. The Morgan fingerprint density at radius 1 is 1.17 bits per heavy atom. The van der Waals surface area contributed by atoms with Gasteiger partial charge in [0.1, 0.15) is 28.6 Å². The molecule has 0 spiro atoms. The Kier molecular flexibility index (Phi) is 3.93. The lowest BCUT2D eigenvalue weighted by Gasteiger charge is -2.09. The molecule has 7 heteroatoms. The van der Waals surface area contributed by atoms with E-state index in [1.807, 2.05) is 12.1 Å². The summed E-state index contributed by atoms with van der Waals surface area (Å²) < 4.78 is 12.8. The molecule has 1 aromatic carbocycles. The molecule has 0 unspecified atom stereocenters. The number of aromatic nitrogens is 3. The summed E-state index contributed by atoms with van der Waals surface area (Å²) in [6.45, 7) is 0. The van der Waals surface area contributed by atoms with Crippen LogP contribution in [0.2, 0.25) is 0 Å². The minimum atomic E-state index is 0.680. The second kappa shape index (κ2) is 5.63. The molecule has 6 nitrogen and oxygen atoms in total. The average molecular weight is 311 g/mol. The van der Waals surface area contributed by atoms with Crippen LogP contribution in [-0.4, -0.2) is 35.3 Å². The Balaban J connectivity index is 2.33. The van der Waals surface area contributed by atoms with E-state index in [1.54, 1.807) is 20.4 Å². The van der Waals surface area contributed by atoms with Crippen molar-refractivity contribution in [3.8, 4) is 11.5 Å². The molecular formula is C11H11BrN4O2. The predicted molar refractivity (Wildman–Crippen MR) is 70.3 cm³/mol. The molecule has 18 heavy (non-hydrogen) atoms. The Morgan fingerprint density at radius 3 is 2.22 bits per heavy atom. The van der Waals surface area contributed by atoms with Gasteiger partial charge in [0.05, 0.1) is 20.4 Å². The summed E-state index contributed by atoms with van der Waals surface area (Å²) in [6, 6.07) is 3.70. The lowest BCUT2D eigenvalue weighted by Crippen LogP contribution is -1.94. The highest BCUT2D eigenvalue weighted by Crippen LogP contribution is 2.35. The third-order valence-corrected chi connectivity index (χ3v) is 3.00. The molecule has 0 saturated carbocycles. The van der Waals surface area contributed by atoms with E-state index >= 15 is 0 Å². The molecule has 0 aliphatic rings. The van der Waals surface area contributed by atoms with Crippen molar-refractivity contribution in [3.63, 3.8) is 0 Å². The number of nitrogens with zero attached hydrogens (tertiary/aromatic N) is 4. The van der Waals surface area contributed by atoms with E-state index in [-0.39, 0.29) is 0 Å². The summed E-state index contributed by atoms with van der Waals surface area (Å²) in [7, 11) is 3.19. The largest absolute Gasteiger partial charge is 0.495 e. The van der Waals surface area contributed by atoms with Gasteiger partial charge in [-0.25, -0.2) is 4.68 Å². The van der Waals surface area contributed by atoms with Crippen LogP contribution in [0.5, 0.6) is 11.5 Å². The van der Waals surface area contributed by atoms with Crippen LogP contribution in [0.3, 0.4) is 0 Å².